The summed E-state index contributed by atoms with van der Waals surface area (Å²) >= 11 is 0. The fourth-order valence-electron chi connectivity index (χ4n) is 3.12. The monoisotopic (exact) mass is 328 g/mol. The van der Waals surface area contributed by atoms with Crippen molar-refractivity contribution < 1.29 is 4.79 Å². The van der Waals surface area contributed by atoms with E-state index in [2.05, 4.69) is 4.98 Å². The second-order valence-electron chi connectivity index (χ2n) is 6.16. The number of likely N-dealkylation sites (tertiary alicyclic amines) is 1. The van der Waals surface area contributed by atoms with Gasteiger partial charge in [0.1, 0.15) is 5.82 Å². The van der Waals surface area contributed by atoms with Gasteiger partial charge in [-0.3, -0.25) is 9.36 Å². The molecule has 1 aromatic carbocycles. The first-order valence-electron chi connectivity index (χ1n) is 7.88. The molecule has 0 aliphatic carbocycles. The predicted octanol–water partition coefficient (Wildman–Crippen LogP) is 0.651. The molecule has 7 nitrogen and oxygen atoms in total. The van der Waals surface area contributed by atoms with Gasteiger partial charge in [-0.25, -0.2) is 14.2 Å². The lowest BCUT2D eigenvalue weighted by Gasteiger charge is -2.26. The molecule has 0 N–H and O–H groups in total. The largest absolute Gasteiger partial charge is 0.353 e. The molecule has 126 valence electrons. The summed E-state index contributed by atoms with van der Waals surface area (Å²) in [6.07, 6.45) is 0.944. The van der Waals surface area contributed by atoms with E-state index in [4.69, 9.17) is 0 Å². The Labute approximate surface area is 139 Å². The number of benzene rings is 1. The molecule has 7 heteroatoms. The van der Waals surface area contributed by atoms with Crippen molar-refractivity contribution in [2.45, 2.75) is 32.4 Å². The minimum Gasteiger partial charge on any atom is -0.328 e. The molecule has 2 aromatic rings. The van der Waals surface area contributed by atoms with E-state index in [9.17, 15) is 14.4 Å². The highest BCUT2D eigenvalue weighted by atomic mass is 16.2. The number of aryl methyl sites for hydroxylation is 1. The molecule has 1 aliphatic heterocycles. The molecule has 0 spiro atoms. The number of hydrogen-bond acceptors (Lipinski definition) is 4. The van der Waals surface area contributed by atoms with Gasteiger partial charge >= 0.3 is 11.4 Å². The Morgan fingerprint density at radius 2 is 1.83 bits per heavy atom. The first-order valence-corrected chi connectivity index (χ1v) is 7.88. The minimum atomic E-state index is -0.594. The van der Waals surface area contributed by atoms with Gasteiger partial charge in [0.25, 0.3) is 0 Å². The van der Waals surface area contributed by atoms with Crippen molar-refractivity contribution in [3.05, 3.63) is 62.2 Å². The van der Waals surface area contributed by atoms with Crippen LogP contribution in [0.4, 0.5) is 0 Å². The second kappa shape index (κ2) is 6.07. The fraction of sp³-hybridized carbons (Fsp3) is 0.412. The zero-order chi connectivity index (χ0) is 17.4. The number of nitrogens with zero attached hydrogens (tertiary/aromatic N) is 4. The average molecular weight is 328 g/mol. The summed E-state index contributed by atoms with van der Waals surface area (Å²) in [7, 11) is 2.98. The Bertz CT molecular complexity index is 913. The van der Waals surface area contributed by atoms with Gasteiger partial charge in [0.2, 0.25) is 5.91 Å². The Morgan fingerprint density at radius 3 is 2.54 bits per heavy atom. The van der Waals surface area contributed by atoms with Crippen molar-refractivity contribution in [3.63, 3.8) is 0 Å². The smallest absolute Gasteiger partial charge is 0.328 e. The van der Waals surface area contributed by atoms with Crippen LogP contribution in [0.3, 0.4) is 0 Å². The van der Waals surface area contributed by atoms with Gasteiger partial charge in [-0.2, -0.15) is 4.98 Å². The molecule has 1 amide bonds. The van der Waals surface area contributed by atoms with Crippen LogP contribution in [0.5, 0.6) is 0 Å². The molecule has 1 atom stereocenters. The van der Waals surface area contributed by atoms with E-state index in [1.165, 1.54) is 11.6 Å². The molecule has 1 fully saturated rings. The van der Waals surface area contributed by atoms with Crippen LogP contribution in [0, 0.1) is 6.92 Å². The molecule has 1 aliphatic rings. The normalized spacial score (nSPS) is 17.5. The van der Waals surface area contributed by atoms with E-state index in [1.54, 1.807) is 11.9 Å². The van der Waals surface area contributed by atoms with Crippen LogP contribution in [-0.4, -0.2) is 24.9 Å². The van der Waals surface area contributed by atoms with Crippen molar-refractivity contribution in [2.24, 2.45) is 14.1 Å². The summed E-state index contributed by atoms with van der Waals surface area (Å²) < 4.78 is 2.32. The average Bonchev–Trinajstić information content (AvgIpc) is 2.92. The number of carbonyl (C=O) groups is 1. The predicted molar refractivity (Wildman–Crippen MR) is 88.4 cm³/mol. The van der Waals surface area contributed by atoms with Crippen LogP contribution < -0.4 is 11.4 Å². The molecule has 1 aromatic heterocycles. The third-order valence-corrected chi connectivity index (χ3v) is 4.64. The lowest BCUT2D eigenvalue weighted by atomic mass is 10.1. The van der Waals surface area contributed by atoms with Crippen LogP contribution in [0.2, 0.25) is 0 Å². The van der Waals surface area contributed by atoms with Crippen molar-refractivity contribution in [1.82, 2.24) is 19.0 Å². The first-order chi connectivity index (χ1) is 11.4. The Kier molecular flexibility index (Phi) is 4.09. The first kappa shape index (κ1) is 16.2. The highest BCUT2D eigenvalue weighted by molar-refractivity contribution is 5.79. The molecule has 1 saturated heterocycles. The molecule has 0 radical (unpaired) electrons. The molecule has 0 bridgehead atoms. The SMILES string of the molecule is Cc1ccccc1CN1C(=O)CCC1c1nc(=O)n(C)c(=O)n1C. The quantitative estimate of drug-likeness (QED) is 0.829. The number of hydrogen-bond donors (Lipinski definition) is 0. The second-order valence-corrected chi connectivity index (χ2v) is 6.16. The van der Waals surface area contributed by atoms with Gasteiger partial charge in [0.15, 0.2) is 0 Å². The van der Waals surface area contributed by atoms with E-state index in [0.29, 0.717) is 25.2 Å². The van der Waals surface area contributed by atoms with Gasteiger partial charge in [0, 0.05) is 27.1 Å². The van der Waals surface area contributed by atoms with E-state index < -0.39 is 11.4 Å². The summed E-state index contributed by atoms with van der Waals surface area (Å²) in [6.45, 7) is 2.44. The van der Waals surface area contributed by atoms with Crippen LogP contribution in [0.25, 0.3) is 0 Å². The van der Waals surface area contributed by atoms with E-state index in [0.717, 1.165) is 15.7 Å². The molecular formula is C17H20N4O3. The summed E-state index contributed by atoms with van der Waals surface area (Å²) in [6, 6.07) is 7.51. The van der Waals surface area contributed by atoms with E-state index in [1.807, 2.05) is 31.2 Å². The molecule has 1 unspecified atom stereocenters. The summed E-state index contributed by atoms with van der Waals surface area (Å²) in [5.41, 5.74) is 1.12. The molecule has 24 heavy (non-hydrogen) atoms. The third kappa shape index (κ3) is 2.66. The highest BCUT2D eigenvalue weighted by Gasteiger charge is 2.35. The lowest BCUT2D eigenvalue weighted by molar-refractivity contribution is -0.129. The fourth-order valence-corrected chi connectivity index (χ4v) is 3.12. The van der Waals surface area contributed by atoms with Crippen LogP contribution in [0.15, 0.2) is 33.9 Å². The molecular weight excluding hydrogens is 308 g/mol. The Balaban J connectivity index is 2.02. The summed E-state index contributed by atoms with van der Waals surface area (Å²) in [5, 5.41) is 0. The number of carbonyl (C=O) groups excluding carboxylic acids is 1. The van der Waals surface area contributed by atoms with Crippen LogP contribution in [-0.2, 0) is 25.4 Å². The number of rotatable bonds is 3. The van der Waals surface area contributed by atoms with E-state index >= 15 is 0 Å². The third-order valence-electron chi connectivity index (χ3n) is 4.64. The zero-order valence-electron chi connectivity index (χ0n) is 14.0. The topological polar surface area (TPSA) is 77.2 Å². The summed E-state index contributed by atoms with van der Waals surface area (Å²) in [4.78, 5) is 42.2. The van der Waals surface area contributed by atoms with Gasteiger partial charge in [0.05, 0.1) is 6.04 Å². The van der Waals surface area contributed by atoms with Gasteiger partial charge in [-0.15, -0.1) is 0 Å². The molecule has 2 heterocycles. The number of aromatic nitrogens is 3. The Morgan fingerprint density at radius 1 is 1.12 bits per heavy atom. The minimum absolute atomic E-state index is 0.0122. The van der Waals surface area contributed by atoms with Gasteiger partial charge in [-0.05, 0) is 24.5 Å². The standard InChI is InChI=1S/C17H20N4O3/c1-11-6-4-5-7-12(11)10-21-13(8-9-14(21)22)15-18-16(23)20(3)17(24)19(15)2/h4-7,13H,8-10H2,1-3H3. The molecule has 0 saturated carbocycles. The highest BCUT2D eigenvalue weighted by Crippen LogP contribution is 2.32. The lowest BCUT2D eigenvalue weighted by Crippen LogP contribution is -2.43. The van der Waals surface area contributed by atoms with Crippen molar-refractivity contribution >= 4 is 5.91 Å². The maximum atomic E-state index is 12.3. The van der Waals surface area contributed by atoms with Crippen molar-refractivity contribution in [3.8, 4) is 0 Å². The van der Waals surface area contributed by atoms with Crippen molar-refractivity contribution in [2.75, 3.05) is 0 Å². The van der Waals surface area contributed by atoms with Gasteiger partial charge < -0.3 is 4.90 Å². The van der Waals surface area contributed by atoms with Gasteiger partial charge in [-0.1, -0.05) is 24.3 Å². The number of amides is 1. The maximum Gasteiger partial charge on any atom is 0.353 e. The maximum absolute atomic E-state index is 12.3. The Hall–Kier alpha value is -2.70. The zero-order valence-corrected chi connectivity index (χ0v) is 14.0. The van der Waals surface area contributed by atoms with Crippen LogP contribution in [0.1, 0.15) is 35.8 Å². The summed E-state index contributed by atoms with van der Waals surface area (Å²) in [5.74, 6) is 0.362. The van der Waals surface area contributed by atoms with E-state index in [-0.39, 0.29) is 11.9 Å². The molecule has 3 rings (SSSR count). The van der Waals surface area contributed by atoms with Crippen molar-refractivity contribution in [1.29, 1.82) is 0 Å². The van der Waals surface area contributed by atoms with Crippen LogP contribution >= 0.6 is 0 Å².